The Labute approximate surface area is 126 Å². The molecule has 1 aromatic heterocycles. The summed E-state index contributed by atoms with van der Waals surface area (Å²) < 4.78 is 29.0. The fourth-order valence-electron chi connectivity index (χ4n) is 2.61. The maximum absolute atomic E-state index is 12.3. The van der Waals surface area contributed by atoms with Crippen LogP contribution in [-0.2, 0) is 17.1 Å². The van der Waals surface area contributed by atoms with Gasteiger partial charge in [0.1, 0.15) is 5.82 Å². The SMILES string of the molecule is Cc1nc(S(=O)(=O)NC(CN)C2CCCC2)cn1C.Cl. The number of nitrogens with one attached hydrogen (secondary N) is 1. The molecular formula is C12H23ClN4O2S. The maximum atomic E-state index is 12.3. The van der Waals surface area contributed by atoms with Gasteiger partial charge in [-0.25, -0.2) is 18.1 Å². The predicted molar refractivity (Wildman–Crippen MR) is 80.3 cm³/mol. The molecule has 1 aliphatic carbocycles. The largest absolute Gasteiger partial charge is 0.337 e. The summed E-state index contributed by atoms with van der Waals surface area (Å²) in [5.41, 5.74) is 5.72. The molecule has 0 saturated heterocycles. The molecule has 116 valence electrons. The van der Waals surface area contributed by atoms with Crippen LogP contribution in [0.4, 0.5) is 0 Å². The Morgan fingerprint density at radius 2 is 2.10 bits per heavy atom. The minimum absolute atomic E-state index is 0. The van der Waals surface area contributed by atoms with Crippen molar-refractivity contribution >= 4 is 22.4 Å². The van der Waals surface area contributed by atoms with Gasteiger partial charge in [-0.3, -0.25) is 0 Å². The van der Waals surface area contributed by atoms with Gasteiger partial charge in [0.25, 0.3) is 10.0 Å². The van der Waals surface area contributed by atoms with Crippen molar-refractivity contribution in [1.82, 2.24) is 14.3 Å². The van der Waals surface area contributed by atoms with Gasteiger partial charge in [0.05, 0.1) is 0 Å². The van der Waals surface area contributed by atoms with Crippen molar-refractivity contribution in [3.63, 3.8) is 0 Å². The highest BCUT2D eigenvalue weighted by atomic mass is 35.5. The monoisotopic (exact) mass is 322 g/mol. The molecular weight excluding hydrogens is 300 g/mol. The number of nitrogens with zero attached hydrogens (tertiary/aromatic N) is 2. The van der Waals surface area contributed by atoms with Crippen LogP contribution < -0.4 is 10.5 Å². The minimum atomic E-state index is -3.57. The standard InChI is InChI=1S/C12H22N4O2S.ClH/c1-9-14-12(8-16(9)2)19(17,18)15-11(7-13)10-5-3-4-6-10;/h8,10-11,15H,3-7,13H2,1-2H3;1H. The Kier molecular flexibility index (Phi) is 6.00. The highest BCUT2D eigenvalue weighted by Crippen LogP contribution is 2.28. The van der Waals surface area contributed by atoms with Crippen LogP contribution in [-0.4, -0.2) is 30.6 Å². The third kappa shape index (κ3) is 3.72. The van der Waals surface area contributed by atoms with Crippen molar-refractivity contribution in [2.75, 3.05) is 6.54 Å². The molecule has 3 N–H and O–H groups in total. The van der Waals surface area contributed by atoms with E-state index in [0.717, 1.165) is 25.7 Å². The fraction of sp³-hybridized carbons (Fsp3) is 0.750. The van der Waals surface area contributed by atoms with Gasteiger partial charge in [-0.2, -0.15) is 0 Å². The highest BCUT2D eigenvalue weighted by Gasteiger charge is 2.29. The molecule has 1 aliphatic rings. The molecule has 0 spiro atoms. The number of aryl methyl sites for hydroxylation is 2. The fourth-order valence-corrected chi connectivity index (χ4v) is 3.97. The molecule has 0 aliphatic heterocycles. The lowest BCUT2D eigenvalue weighted by atomic mass is 9.99. The number of halogens is 1. The van der Waals surface area contributed by atoms with E-state index in [-0.39, 0.29) is 23.5 Å². The number of nitrogens with two attached hydrogens (primary N) is 1. The van der Waals surface area contributed by atoms with Gasteiger partial charge in [-0.1, -0.05) is 12.8 Å². The Morgan fingerprint density at radius 3 is 2.55 bits per heavy atom. The van der Waals surface area contributed by atoms with Crippen molar-refractivity contribution in [3.8, 4) is 0 Å². The van der Waals surface area contributed by atoms with E-state index in [1.54, 1.807) is 18.5 Å². The summed E-state index contributed by atoms with van der Waals surface area (Å²) >= 11 is 0. The Bertz CT molecular complexity index is 518. The van der Waals surface area contributed by atoms with E-state index in [0.29, 0.717) is 18.3 Å². The zero-order chi connectivity index (χ0) is 14.0. The summed E-state index contributed by atoms with van der Waals surface area (Å²) in [6.07, 6.45) is 5.94. The van der Waals surface area contributed by atoms with Gasteiger partial charge in [-0.15, -0.1) is 12.4 Å². The molecule has 2 rings (SSSR count). The van der Waals surface area contributed by atoms with Crippen LogP contribution in [0, 0.1) is 12.8 Å². The van der Waals surface area contributed by atoms with Gasteiger partial charge in [0.15, 0.2) is 5.03 Å². The molecule has 1 unspecified atom stereocenters. The van der Waals surface area contributed by atoms with Crippen LogP contribution in [0.3, 0.4) is 0 Å². The number of imidazole rings is 1. The van der Waals surface area contributed by atoms with Gasteiger partial charge >= 0.3 is 0 Å². The van der Waals surface area contributed by atoms with Crippen molar-refractivity contribution in [1.29, 1.82) is 0 Å². The Morgan fingerprint density at radius 1 is 1.50 bits per heavy atom. The minimum Gasteiger partial charge on any atom is -0.337 e. The van der Waals surface area contributed by atoms with Crippen LogP contribution >= 0.6 is 12.4 Å². The van der Waals surface area contributed by atoms with Crippen molar-refractivity contribution in [3.05, 3.63) is 12.0 Å². The molecule has 1 saturated carbocycles. The lowest BCUT2D eigenvalue weighted by molar-refractivity contribution is 0.405. The summed E-state index contributed by atoms with van der Waals surface area (Å²) in [7, 11) is -1.80. The first-order chi connectivity index (χ1) is 8.94. The first-order valence-corrected chi connectivity index (χ1v) is 8.14. The van der Waals surface area contributed by atoms with Crippen LogP contribution in [0.25, 0.3) is 0 Å². The van der Waals surface area contributed by atoms with Gasteiger partial charge in [0, 0.05) is 25.8 Å². The number of aromatic nitrogens is 2. The van der Waals surface area contributed by atoms with E-state index in [1.807, 2.05) is 0 Å². The Balaban J connectivity index is 0.00000200. The van der Waals surface area contributed by atoms with E-state index in [4.69, 9.17) is 5.73 Å². The number of rotatable bonds is 5. The topological polar surface area (TPSA) is 90.0 Å². The average molecular weight is 323 g/mol. The molecule has 1 atom stereocenters. The van der Waals surface area contributed by atoms with Gasteiger partial charge in [-0.05, 0) is 25.7 Å². The summed E-state index contributed by atoms with van der Waals surface area (Å²) in [5, 5.41) is 0.0731. The summed E-state index contributed by atoms with van der Waals surface area (Å²) in [6.45, 7) is 2.10. The first kappa shape index (κ1) is 17.4. The molecule has 8 heteroatoms. The third-order valence-corrected chi connectivity index (χ3v) is 5.25. The lowest BCUT2D eigenvalue weighted by Gasteiger charge is -2.22. The van der Waals surface area contributed by atoms with Crippen LogP contribution in [0.5, 0.6) is 0 Å². The molecule has 6 nitrogen and oxygen atoms in total. The quantitative estimate of drug-likeness (QED) is 0.844. The second-order valence-electron chi connectivity index (χ2n) is 5.25. The summed E-state index contributed by atoms with van der Waals surface area (Å²) in [4.78, 5) is 4.07. The molecule has 0 radical (unpaired) electrons. The van der Waals surface area contributed by atoms with Gasteiger partial charge < -0.3 is 10.3 Å². The normalized spacial score (nSPS) is 17.9. The van der Waals surface area contributed by atoms with E-state index in [9.17, 15) is 8.42 Å². The number of sulfonamides is 1. The van der Waals surface area contributed by atoms with Crippen LogP contribution in [0.1, 0.15) is 31.5 Å². The van der Waals surface area contributed by atoms with Crippen molar-refractivity contribution < 1.29 is 8.42 Å². The molecule has 1 fully saturated rings. The zero-order valence-corrected chi connectivity index (χ0v) is 13.5. The Hall–Kier alpha value is -0.630. The molecule has 1 aromatic rings. The summed E-state index contributed by atoms with van der Waals surface area (Å²) in [5.74, 6) is 1.02. The van der Waals surface area contributed by atoms with Gasteiger partial charge in [0.2, 0.25) is 0 Å². The zero-order valence-electron chi connectivity index (χ0n) is 11.9. The third-order valence-electron chi connectivity index (χ3n) is 3.89. The van der Waals surface area contributed by atoms with Crippen molar-refractivity contribution in [2.45, 2.75) is 43.7 Å². The molecule has 0 aromatic carbocycles. The van der Waals surface area contributed by atoms with Crippen LogP contribution in [0.2, 0.25) is 0 Å². The van der Waals surface area contributed by atoms with Crippen LogP contribution in [0.15, 0.2) is 11.2 Å². The number of hydrogen-bond acceptors (Lipinski definition) is 4. The van der Waals surface area contributed by atoms with E-state index in [1.165, 1.54) is 6.20 Å². The molecule has 1 heterocycles. The predicted octanol–water partition coefficient (Wildman–Crippen LogP) is 0.946. The van der Waals surface area contributed by atoms with Crippen molar-refractivity contribution in [2.24, 2.45) is 18.7 Å². The highest BCUT2D eigenvalue weighted by molar-refractivity contribution is 7.89. The number of hydrogen-bond donors (Lipinski definition) is 2. The van der Waals surface area contributed by atoms with E-state index < -0.39 is 10.0 Å². The van der Waals surface area contributed by atoms with E-state index >= 15 is 0 Å². The maximum Gasteiger partial charge on any atom is 0.259 e. The molecule has 0 bridgehead atoms. The first-order valence-electron chi connectivity index (χ1n) is 6.66. The average Bonchev–Trinajstić information content (AvgIpc) is 2.98. The second kappa shape index (κ2) is 6.89. The second-order valence-corrected chi connectivity index (χ2v) is 6.91. The molecule has 20 heavy (non-hydrogen) atoms. The molecule has 0 amide bonds. The summed E-state index contributed by atoms with van der Waals surface area (Å²) in [6, 6.07) is -0.185. The smallest absolute Gasteiger partial charge is 0.259 e. The van der Waals surface area contributed by atoms with E-state index in [2.05, 4.69) is 9.71 Å². The lowest BCUT2D eigenvalue weighted by Crippen LogP contribution is -2.44.